The Kier molecular flexibility index (Phi) is 5.66. The molecule has 3 N–H and O–H groups in total. The molecular formula is C21H21FN6O2S. The number of aromatic nitrogens is 5. The SMILES string of the molecule is Cc1nc(C(C)O)sc1-c1cnc(N)c(O[C@H](C)c2cc(F)ccc2-n2nccn2)c1. The largest absolute Gasteiger partial charge is 0.482 e. The van der Waals surface area contributed by atoms with Crippen LogP contribution in [0, 0.1) is 12.7 Å². The minimum absolute atomic E-state index is 0.212. The first kappa shape index (κ1) is 20.9. The van der Waals surface area contributed by atoms with Crippen LogP contribution >= 0.6 is 11.3 Å². The van der Waals surface area contributed by atoms with Gasteiger partial charge in [0.15, 0.2) is 11.6 Å². The number of anilines is 1. The predicted molar refractivity (Wildman–Crippen MR) is 115 cm³/mol. The van der Waals surface area contributed by atoms with Crippen LogP contribution in [0.4, 0.5) is 10.2 Å². The van der Waals surface area contributed by atoms with Gasteiger partial charge in [-0.05, 0) is 45.0 Å². The molecule has 0 aliphatic heterocycles. The van der Waals surface area contributed by atoms with Crippen LogP contribution in [-0.2, 0) is 0 Å². The molecule has 0 aliphatic rings. The van der Waals surface area contributed by atoms with E-state index in [4.69, 9.17) is 10.5 Å². The van der Waals surface area contributed by atoms with Crippen LogP contribution in [0.25, 0.3) is 16.1 Å². The van der Waals surface area contributed by atoms with Gasteiger partial charge < -0.3 is 15.6 Å². The average Bonchev–Trinajstić information content (AvgIpc) is 3.39. The highest BCUT2D eigenvalue weighted by Gasteiger charge is 2.19. The number of aliphatic hydroxyl groups excluding tert-OH is 1. The topological polar surface area (TPSA) is 112 Å². The van der Waals surface area contributed by atoms with E-state index in [2.05, 4.69) is 20.2 Å². The first-order chi connectivity index (χ1) is 14.8. The lowest BCUT2D eigenvalue weighted by atomic mass is 10.1. The molecule has 1 aromatic carbocycles. The molecule has 0 bridgehead atoms. The van der Waals surface area contributed by atoms with Gasteiger partial charge in [0, 0.05) is 17.3 Å². The van der Waals surface area contributed by atoms with Crippen molar-refractivity contribution < 1.29 is 14.2 Å². The molecule has 4 aromatic rings. The van der Waals surface area contributed by atoms with E-state index in [1.807, 2.05) is 6.92 Å². The van der Waals surface area contributed by atoms with Gasteiger partial charge in [-0.15, -0.1) is 11.3 Å². The maximum Gasteiger partial charge on any atom is 0.166 e. The zero-order chi connectivity index (χ0) is 22.1. The number of pyridine rings is 1. The van der Waals surface area contributed by atoms with Crippen molar-refractivity contribution in [3.63, 3.8) is 0 Å². The minimum Gasteiger partial charge on any atom is -0.482 e. The Balaban J connectivity index is 1.68. The van der Waals surface area contributed by atoms with Gasteiger partial charge >= 0.3 is 0 Å². The highest BCUT2D eigenvalue weighted by atomic mass is 32.1. The standard InChI is InChI=1S/C21H21FN6O2S/c1-11-19(31-21(27-11)12(2)29)14-8-18(20(23)24-10-14)30-13(3)16-9-15(22)4-5-17(16)28-25-6-7-26-28/h4-10,12-13,29H,1-3H3,(H2,23,24)/t12?,13-/m1/s1. The van der Waals surface area contributed by atoms with Gasteiger partial charge in [-0.1, -0.05) is 0 Å². The van der Waals surface area contributed by atoms with Crippen LogP contribution in [0.1, 0.15) is 42.3 Å². The zero-order valence-corrected chi connectivity index (χ0v) is 18.0. The third-order valence-electron chi connectivity index (χ3n) is 4.68. The van der Waals surface area contributed by atoms with E-state index in [9.17, 15) is 9.50 Å². The van der Waals surface area contributed by atoms with Crippen LogP contribution in [0.2, 0.25) is 0 Å². The molecule has 0 saturated carbocycles. The van der Waals surface area contributed by atoms with E-state index in [0.29, 0.717) is 22.0 Å². The molecule has 160 valence electrons. The van der Waals surface area contributed by atoms with Crippen LogP contribution in [-0.4, -0.2) is 30.1 Å². The molecule has 8 nitrogen and oxygen atoms in total. The van der Waals surface area contributed by atoms with Crippen molar-refractivity contribution in [2.24, 2.45) is 0 Å². The number of aliphatic hydroxyl groups is 1. The fourth-order valence-corrected chi connectivity index (χ4v) is 4.15. The monoisotopic (exact) mass is 440 g/mol. The van der Waals surface area contributed by atoms with Gasteiger partial charge in [-0.3, -0.25) is 0 Å². The third-order valence-corrected chi connectivity index (χ3v) is 6.06. The normalized spacial score (nSPS) is 13.2. The average molecular weight is 441 g/mol. The maximum absolute atomic E-state index is 14.0. The highest BCUT2D eigenvalue weighted by molar-refractivity contribution is 7.15. The Morgan fingerprint density at radius 1 is 1.19 bits per heavy atom. The van der Waals surface area contributed by atoms with E-state index < -0.39 is 18.0 Å². The Labute approximate surface area is 182 Å². The molecule has 0 radical (unpaired) electrons. The number of thiazole rings is 1. The van der Waals surface area contributed by atoms with Gasteiger partial charge in [-0.25, -0.2) is 14.4 Å². The van der Waals surface area contributed by atoms with E-state index in [-0.39, 0.29) is 5.82 Å². The summed E-state index contributed by atoms with van der Waals surface area (Å²) in [5, 5.41) is 18.7. The summed E-state index contributed by atoms with van der Waals surface area (Å²) < 4.78 is 20.1. The number of ether oxygens (including phenoxy) is 1. The van der Waals surface area contributed by atoms with Gasteiger partial charge in [0.05, 0.1) is 28.7 Å². The Bertz CT molecular complexity index is 1210. The molecule has 2 atom stereocenters. The molecule has 0 fully saturated rings. The first-order valence-corrected chi connectivity index (χ1v) is 10.4. The van der Waals surface area contributed by atoms with Crippen molar-refractivity contribution in [1.29, 1.82) is 0 Å². The molecule has 4 rings (SSSR count). The summed E-state index contributed by atoms with van der Waals surface area (Å²) in [6.45, 7) is 5.33. The van der Waals surface area contributed by atoms with Crippen molar-refractivity contribution in [2.45, 2.75) is 33.0 Å². The molecule has 0 saturated heterocycles. The molecule has 1 unspecified atom stereocenters. The van der Waals surface area contributed by atoms with Crippen LogP contribution in [0.15, 0.2) is 42.9 Å². The summed E-state index contributed by atoms with van der Waals surface area (Å²) in [7, 11) is 0. The second-order valence-electron chi connectivity index (χ2n) is 7.03. The second-order valence-corrected chi connectivity index (χ2v) is 8.06. The number of benzene rings is 1. The quantitative estimate of drug-likeness (QED) is 0.466. The highest BCUT2D eigenvalue weighted by Crippen LogP contribution is 2.36. The number of nitrogens with zero attached hydrogens (tertiary/aromatic N) is 5. The Morgan fingerprint density at radius 2 is 1.94 bits per heavy atom. The summed E-state index contributed by atoms with van der Waals surface area (Å²) in [6, 6.07) is 6.11. The fraction of sp³-hybridized carbons (Fsp3) is 0.238. The first-order valence-electron chi connectivity index (χ1n) is 9.57. The van der Waals surface area contributed by atoms with Crippen molar-refractivity contribution in [2.75, 3.05) is 5.73 Å². The number of aryl methyl sites for hydroxylation is 1. The van der Waals surface area contributed by atoms with Crippen molar-refractivity contribution in [3.8, 4) is 21.9 Å². The lowest BCUT2D eigenvalue weighted by Gasteiger charge is -2.19. The number of hydrogen-bond donors (Lipinski definition) is 2. The van der Waals surface area contributed by atoms with Crippen molar-refractivity contribution in [1.82, 2.24) is 25.0 Å². The van der Waals surface area contributed by atoms with E-state index >= 15 is 0 Å². The van der Waals surface area contributed by atoms with Crippen molar-refractivity contribution >= 4 is 17.2 Å². The summed E-state index contributed by atoms with van der Waals surface area (Å²) >= 11 is 1.39. The maximum atomic E-state index is 14.0. The molecule has 31 heavy (non-hydrogen) atoms. The number of nitrogen functional groups attached to an aromatic ring is 1. The molecule has 3 heterocycles. The Hall–Kier alpha value is -3.37. The fourth-order valence-electron chi connectivity index (χ4n) is 3.16. The summed E-state index contributed by atoms with van der Waals surface area (Å²) in [6.07, 6.45) is 3.51. The Morgan fingerprint density at radius 3 is 2.61 bits per heavy atom. The van der Waals surface area contributed by atoms with E-state index in [0.717, 1.165) is 16.1 Å². The predicted octanol–water partition coefficient (Wildman–Crippen LogP) is 4.01. The molecular weight excluding hydrogens is 419 g/mol. The van der Waals surface area contributed by atoms with Crippen LogP contribution < -0.4 is 10.5 Å². The number of nitrogens with two attached hydrogens (primary N) is 1. The van der Waals surface area contributed by atoms with E-state index in [1.165, 1.54) is 28.3 Å². The van der Waals surface area contributed by atoms with Gasteiger partial charge in [0.25, 0.3) is 0 Å². The number of rotatable bonds is 6. The zero-order valence-electron chi connectivity index (χ0n) is 17.2. The summed E-state index contributed by atoms with van der Waals surface area (Å²) in [5.41, 5.74) is 8.77. The summed E-state index contributed by atoms with van der Waals surface area (Å²) in [5.74, 6) is 0.177. The lowest BCUT2D eigenvalue weighted by Crippen LogP contribution is -2.11. The molecule has 0 amide bonds. The van der Waals surface area contributed by atoms with Crippen LogP contribution in [0.3, 0.4) is 0 Å². The van der Waals surface area contributed by atoms with Gasteiger partial charge in [0.1, 0.15) is 23.0 Å². The van der Waals surface area contributed by atoms with Crippen LogP contribution in [0.5, 0.6) is 5.75 Å². The minimum atomic E-state index is -0.655. The molecule has 0 aliphatic carbocycles. The lowest BCUT2D eigenvalue weighted by molar-refractivity contribution is 0.198. The smallest absolute Gasteiger partial charge is 0.166 e. The van der Waals surface area contributed by atoms with Gasteiger partial charge in [-0.2, -0.15) is 15.0 Å². The third kappa shape index (κ3) is 4.25. The second kappa shape index (κ2) is 8.40. The molecule has 10 heteroatoms. The summed E-state index contributed by atoms with van der Waals surface area (Å²) in [4.78, 5) is 10.9. The molecule has 0 spiro atoms. The number of hydrogen-bond acceptors (Lipinski definition) is 8. The van der Waals surface area contributed by atoms with Crippen molar-refractivity contribution in [3.05, 3.63) is 64.9 Å². The van der Waals surface area contributed by atoms with E-state index in [1.54, 1.807) is 44.6 Å². The van der Waals surface area contributed by atoms with Gasteiger partial charge in [0.2, 0.25) is 0 Å². The molecule has 3 aromatic heterocycles. The number of halogens is 1.